The first-order chi connectivity index (χ1) is 10.2. The summed E-state index contributed by atoms with van der Waals surface area (Å²) in [6, 6.07) is 9.57. The first-order valence-corrected chi connectivity index (χ1v) is 7.72. The Bertz CT molecular complexity index is 467. The van der Waals surface area contributed by atoms with Gasteiger partial charge in [-0.25, -0.2) is 0 Å². The monoisotopic (exact) mass is 288 g/mol. The summed E-state index contributed by atoms with van der Waals surface area (Å²) in [6.45, 7) is 1.58. The first kappa shape index (κ1) is 15.8. The van der Waals surface area contributed by atoms with Crippen LogP contribution in [0, 0.1) is 11.3 Å². The maximum atomic E-state index is 10.0. The average Bonchev–Trinajstić information content (AvgIpc) is 2.52. The predicted molar refractivity (Wildman–Crippen MR) is 82.2 cm³/mol. The van der Waals surface area contributed by atoms with Gasteiger partial charge in [-0.15, -0.1) is 0 Å². The molecule has 0 amide bonds. The fraction of sp³-hybridized carbons (Fsp3) is 0.588. The lowest BCUT2D eigenvalue weighted by Gasteiger charge is -2.35. The van der Waals surface area contributed by atoms with Gasteiger partial charge in [-0.2, -0.15) is 5.26 Å². The van der Waals surface area contributed by atoms with Gasteiger partial charge in [-0.05, 0) is 50.6 Å². The molecule has 0 radical (unpaired) electrons. The van der Waals surface area contributed by atoms with Gasteiger partial charge < -0.3 is 14.7 Å². The Morgan fingerprint density at radius 3 is 2.67 bits per heavy atom. The quantitative estimate of drug-likeness (QED) is 0.817. The molecule has 0 heterocycles. The van der Waals surface area contributed by atoms with Gasteiger partial charge in [0, 0.05) is 12.6 Å². The summed E-state index contributed by atoms with van der Waals surface area (Å²) in [5.41, 5.74) is 0.647. The van der Waals surface area contributed by atoms with Crippen LogP contribution in [-0.2, 0) is 0 Å². The second kappa shape index (κ2) is 8.02. The van der Waals surface area contributed by atoms with Crippen LogP contribution in [0.2, 0.25) is 0 Å². The molecule has 1 fully saturated rings. The van der Waals surface area contributed by atoms with Gasteiger partial charge in [0.15, 0.2) is 0 Å². The van der Waals surface area contributed by atoms with Gasteiger partial charge in [-0.1, -0.05) is 12.8 Å². The minimum absolute atomic E-state index is 0.178. The van der Waals surface area contributed by atoms with Crippen molar-refractivity contribution >= 4 is 0 Å². The summed E-state index contributed by atoms with van der Waals surface area (Å²) in [7, 11) is 2.08. The molecule has 1 N–H and O–H groups in total. The highest BCUT2D eigenvalue weighted by Gasteiger charge is 2.25. The second-order valence-electron chi connectivity index (χ2n) is 5.74. The van der Waals surface area contributed by atoms with Gasteiger partial charge in [0.25, 0.3) is 0 Å². The molecule has 4 heteroatoms. The summed E-state index contributed by atoms with van der Waals surface area (Å²) in [5.74, 6) is 0.800. The van der Waals surface area contributed by atoms with Gasteiger partial charge in [0.2, 0.25) is 0 Å². The number of nitriles is 1. The Balaban J connectivity index is 1.67. The summed E-state index contributed by atoms with van der Waals surface area (Å²) in [6.07, 6.45) is 5.13. The van der Waals surface area contributed by atoms with E-state index in [4.69, 9.17) is 10.00 Å². The van der Waals surface area contributed by atoms with Crippen molar-refractivity contribution < 1.29 is 9.84 Å². The normalized spacial score (nSPS) is 22.0. The minimum Gasteiger partial charge on any atom is -0.494 e. The van der Waals surface area contributed by atoms with E-state index in [9.17, 15) is 5.11 Å². The molecule has 0 aromatic heterocycles. The third-order valence-corrected chi connectivity index (χ3v) is 4.17. The number of rotatable bonds is 6. The fourth-order valence-electron chi connectivity index (χ4n) is 2.90. The highest BCUT2D eigenvalue weighted by Crippen LogP contribution is 2.22. The Labute approximate surface area is 127 Å². The van der Waals surface area contributed by atoms with Crippen LogP contribution in [0.5, 0.6) is 5.75 Å². The first-order valence-electron chi connectivity index (χ1n) is 7.72. The molecule has 0 saturated heterocycles. The van der Waals surface area contributed by atoms with E-state index in [0.29, 0.717) is 18.2 Å². The largest absolute Gasteiger partial charge is 0.494 e. The molecule has 1 aliphatic rings. The van der Waals surface area contributed by atoms with Crippen LogP contribution in [0.3, 0.4) is 0 Å². The van der Waals surface area contributed by atoms with E-state index >= 15 is 0 Å². The lowest BCUT2D eigenvalue weighted by atomic mass is 9.91. The smallest absolute Gasteiger partial charge is 0.119 e. The maximum Gasteiger partial charge on any atom is 0.119 e. The van der Waals surface area contributed by atoms with E-state index in [2.05, 4.69) is 18.0 Å². The molecular formula is C17H24N2O2. The van der Waals surface area contributed by atoms with Crippen LogP contribution in [0.4, 0.5) is 0 Å². The fourth-order valence-corrected chi connectivity index (χ4v) is 2.90. The number of hydrogen-bond acceptors (Lipinski definition) is 4. The van der Waals surface area contributed by atoms with Crippen molar-refractivity contribution in [3.8, 4) is 11.8 Å². The van der Waals surface area contributed by atoms with Crippen molar-refractivity contribution in [3.05, 3.63) is 29.8 Å². The number of likely N-dealkylation sites (N-methyl/N-ethyl adjacent to an activating group) is 1. The van der Waals surface area contributed by atoms with Crippen LogP contribution < -0.4 is 4.74 Å². The molecule has 0 aliphatic heterocycles. The van der Waals surface area contributed by atoms with Crippen molar-refractivity contribution in [2.24, 2.45) is 0 Å². The van der Waals surface area contributed by atoms with Crippen LogP contribution in [0.15, 0.2) is 24.3 Å². The highest BCUT2D eigenvalue weighted by molar-refractivity contribution is 5.34. The highest BCUT2D eigenvalue weighted by atomic mass is 16.5. The number of nitrogens with zero attached hydrogens (tertiary/aromatic N) is 2. The molecular weight excluding hydrogens is 264 g/mol. The van der Waals surface area contributed by atoms with Crippen molar-refractivity contribution in [1.82, 2.24) is 4.90 Å². The van der Waals surface area contributed by atoms with E-state index in [1.165, 1.54) is 6.42 Å². The standard InChI is InChI=1S/C17H24N2O2/c1-19(16-5-2-3-6-17(16)20)11-4-12-21-15-9-7-14(13-18)8-10-15/h7-10,16-17,20H,2-6,11-12H2,1H3. The third-order valence-electron chi connectivity index (χ3n) is 4.17. The number of aliphatic hydroxyl groups is 1. The molecule has 21 heavy (non-hydrogen) atoms. The molecule has 114 valence electrons. The third kappa shape index (κ3) is 4.73. The number of aliphatic hydroxyl groups excluding tert-OH is 1. The lowest BCUT2D eigenvalue weighted by molar-refractivity contribution is 0.0304. The zero-order chi connectivity index (χ0) is 15.1. The van der Waals surface area contributed by atoms with Gasteiger partial charge in [0.05, 0.1) is 24.3 Å². The molecule has 4 nitrogen and oxygen atoms in total. The zero-order valence-corrected chi connectivity index (χ0v) is 12.7. The second-order valence-corrected chi connectivity index (χ2v) is 5.74. The van der Waals surface area contributed by atoms with E-state index in [1.54, 1.807) is 12.1 Å². The molecule has 0 bridgehead atoms. The number of ether oxygens (including phenoxy) is 1. The van der Waals surface area contributed by atoms with Crippen LogP contribution in [0.1, 0.15) is 37.7 Å². The minimum atomic E-state index is -0.178. The van der Waals surface area contributed by atoms with E-state index in [-0.39, 0.29) is 6.10 Å². The summed E-state index contributed by atoms with van der Waals surface area (Å²) < 4.78 is 5.67. The van der Waals surface area contributed by atoms with Gasteiger partial charge in [-0.3, -0.25) is 0 Å². The number of benzene rings is 1. The van der Waals surface area contributed by atoms with Crippen molar-refractivity contribution in [3.63, 3.8) is 0 Å². The summed E-state index contributed by atoms with van der Waals surface area (Å²) in [5, 5.41) is 18.8. The Morgan fingerprint density at radius 2 is 2.00 bits per heavy atom. The molecule has 2 atom stereocenters. The van der Waals surface area contributed by atoms with Crippen molar-refractivity contribution in [2.45, 2.75) is 44.2 Å². The summed E-state index contributed by atoms with van der Waals surface area (Å²) >= 11 is 0. The van der Waals surface area contributed by atoms with Crippen molar-refractivity contribution in [1.29, 1.82) is 5.26 Å². The molecule has 0 spiro atoms. The summed E-state index contributed by atoms with van der Waals surface area (Å²) in [4.78, 5) is 2.26. The Morgan fingerprint density at radius 1 is 1.29 bits per heavy atom. The van der Waals surface area contributed by atoms with Crippen LogP contribution >= 0.6 is 0 Å². The molecule has 1 aliphatic carbocycles. The van der Waals surface area contributed by atoms with Crippen LogP contribution in [-0.4, -0.2) is 42.4 Å². The van der Waals surface area contributed by atoms with E-state index < -0.39 is 0 Å². The van der Waals surface area contributed by atoms with Crippen molar-refractivity contribution in [2.75, 3.05) is 20.2 Å². The zero-order valence-electron chi connectivity index (χ0n) is 12.7. The van der Waals surface area contributed by atoms with E-state index in [0.717, 1.165) is 38.0 Å². The Kier molecular flexibility index (Phi) is 6.04. The maximum absolute atomic E-state index is 10.0. The SMILES string of the molecule is CN(CCCOc1ccc(C#N)cc1)C1CCCCC1O. The number of hydrogen-bond donors (Lipinski definition) is 1. The van der Waals surface area contributed by atoms with Gasteiger partial charge >= 0.3 is 0 Å². The van der Waals surface area contributed by atoms with E-state index in [1.807, 2.05) is 12.1 Å². The molecule has 1 aromatic carbocycles. The molecule has 2 unspecified atom stereocenters. The molecule has 1 saturated carbocycles. The molecule has 1 aromatic rings. The average molecular weight is 288 g/mol. The predicted octanol–water partition coefficient (Wildman–Crippen LogP) is 2.56. The topological polar surface area (TPSA) is 56.5 Å². The lowest BCUT2D eigenvalue weighted by Crippen LogP contribution is -2.43. The Hall–Kier alpha value is -1.57. The molecule has 2 rings (SSSR count). The van der Waals surface area contributed by atoms with Gasteiger partial charge in [0.1, 0.15) is 5.75 Å². The van der Waals surface area contributed by atoms with Crippen LogP contribution in [0.25, 0.3) is 0 Å².